The Balaban J connectivity index is 0.00000225. The minimum absolute atomic E-state index is 0. The lowest BCUT2D eigenvalue weighted by Crippen LogP contribution is -2.48. The maximum absolute atomic E-state index is 10.8. The highest BCUT2D eigenvalue weighted by atomic mass is 35.5. The van der Waals surface area contributed by atoms with E-state index in [1.807, 2.05) is 13.8 Å². The van der Waals surface area contributed by atoms with Crippen molar-refractivity contribution in [1.29, 1.82) is 0 Å². The summed E-state index contributed by atoms with van der Waals surface area (Å²) < 4.78 is 5.17. The van der Waals surface area contributed by atoms with Gasteiger partial charge in [0.05, 0.1) is 5.54 Å². The SMILES string of the molecule is C#CC(C)(C)N1CCC(OC(C)=O)CC1.Cl. The van der Waals surface area contributed by atoms with Gasteiger partial charge in [0.2, 0.25) is 0 Å². The molecular formula is C12H20ClNO2. The van der Waals surface area contributed by atoms with E-state index in [1.54, 1.807) is 0 Å². The van der Waals surface area contributed by atoms with Crippen LogP contribution in [-0.2, 0) is 9.53 Å². The standard InChI is InChI=1S/C12H19NO2.ClH/c1-5-12(3,4)13-8-6-11(7-9-13)15-10(2)14;/h1,11H,6-9H2,2-4H3;1H. The molecule has 0 radical (unpaired) electrons. The van der Waals surface area contributed by atoms with E-state index in [4.69, 9.17) is 11.2 Å². The lowest BCUT2D eigenvalue weighted by atomic mass is 9.98. The fourth-order valence-electron chi connectivity index (χ4n) is 1.86. The van der Waals surface area contributed by atoms with Crippen LogP contribution in [0.5, 0.6) is 0 Å². The number of carbonyl (C=O) groups excluding carboxylic acids is 1. The van der Waals surface area contributed by atoms with Crippen molar-refractivity contribution in [1.82, 2.24) is 4.90 Å². The molecule has 0 aromatic heterocycles. The summed E-state index contributed by atoms with van der Waals surface area (Å²) in [6.45, 7) is 7.33. The van der Waals surface area contributed by atoms with Crippen LogP contribution in [0.25, 0.3) is 0 Å². The third-order valence-electron chi connectivity index (χ3n) is 2.92. The van der Waals surface area contributed by atoms with Crippen LogP contribution < -0.4 is 0 Å². The Labute approximate surface area is 104 Å². The molecule has 4 heteroatoms. The van der Waals surface area contributed by atoms with Crippen molar-refractivity contribution < 1.29 is 9.53 Å². The summed E-state index contributed by atoms with van der Waals surface area (Å²) in [6.07, 6.45) is 7.31. The Morgan fingerprint density at radius 2 is 1.94 bits per heavy atom. The van der Waals surface area contributed by atoms with Crippen molar-refractivity contribution in [3.05, 3.63) is 0 Å². The van der Waals surface area contributed by atoms with Crippen LogP contribution in [0, 0.1) is 12.3 Å². The Kier molecular flexibility index (Phi) is 5.85. The van der Waals surface area contributed by atoms with E-state index in [-0.39, 0.29) is 30.0 Å². The van der Waals surface area contributed by atoms with Crippen LogP contribution in [0.15, 0.2) is 0 Å². The van der Waals surface area contributed by atoms with E-state index >= 15 is 0 Å². The largest absolute Gasteiger partial charge is 0.462 e. The van der Waals surface area contributed by atoms with Gasteiger partial charge in [-0.15, -0.1) is 18.8 Å². The third-order valence-corrected chi connectivity index (χ3v) is 2.92. The van der Waals surface area contributed by atoms with Gasteiger partial charge in [-0.25, -0.2) is 0 Å². The second-order valence-electron chi connectivity index (χ2n) is 4.50. The Bertz CT molecular complexity index is 275. The van der Waals surface area contributed by atoms with Gasteiger partial charge < -0.3 is 4.74 Å². The van der Waals surface area contributed by atoms with Gasteiger partial charge in [-0.3, -0.25) is 9.69 Å². The monoisotopic (exact) mass is 245 g/mol. The van der Waals surface area contributed by atoms with Crippen molar-refractivity contribution in [3.8, 4) is 12.3 Å². The van der Waals surface area contributed by atoms with E-state index in [2.05, 4.69) is 10.8 Å². The minimum Gasteiger partial charge on any atom is -0.462 e. The molecule has 1 fully saturated rings. The summed E-state index contributed by atoms with van der Waals surface area (Å²) in [5.74, 6) is 2.59. The first kappa shape index (κ1) is 15.3. The highest BCUT2D eigenvalue weighted by Crippen LogP contribution is 2.21. The number of nitrogens with zero attached hydrogens (tertiary/aromatic N) is 1. The molecule has 0 saturated carbocycles. The van der Waals surface area contributed by atoms with E-state index in [9.17, 15) is 4.79 Å². The molecule has 3 nitrogen and oxygen atoms in total. The van der Waals surface area contributed by atoms with Gasteiger partial charge in [0.1, 0.15) is 6.10 Å². The molecule has 0 aromatic carbocycles. The topological polar surface area (TPSA) is 29.5 Å². The minimum atomic E-state index is -0.193. The molecule has 0 aromatic rings. The molecule has 1 aliphatic rings. The Morgan fingerprint density at radius 1 is 1.44 bits per heavy atom. The molecule has 0 unspecified atom stereocenters. The second kappa shape index (κ2) is 6.12. The number of carbonyl (C=O) groups is 1. The molecule has 0 bridgehead atoms. The third kappa shape index (κ3) is 4.03. The molecule has 1 saturated heterocycles. The zero-order chi connectivity index (χ0) is 11.5. The predicted molar refractivity (Wildman–Crippen MR) is 66.5 cm³/mol. The molecule has 0 N–H and O–H groups in total. The zero-order valence-corrected chi connectivity index (χ0v) is 11.0. The van der Waals surface area contributed by atoms with E-state index in [0.717, 1.165) is 25.9 Å². The second-order valence-corrected chi connectivity index (χ2v) is 4.50. The quantitative estimate of drug-likeness (QED) is 0.549. The molecule has 1 rings (SSSR count). The first-order chi connectivity index (χ1) is 6.95. The van der Waals surface area contributed by atoms with E-state index in [1.165, 1.54) is 6.92 Å². The van der Waals surface area contributed by atoms with Gasteiger partial charge in [-0.05, 0) is 26.7 Å². The van der Waals surface area contributed by atoms with Crippen molar-refractivity contribution in [2.75, 3.05) is 13.1 Å². The molecule has 0 amide bonds. The number of hydrogen-bond donors (Lipinski definition) is 0. The van der Waals surface area contributed by atoms with Gasteiger partial charge in [-0.1, -0.05) is 5.92 Å². The van der Waals surface area contributed by atoms with E-state index in [0.29, 0.717) is 0 Å². The zero-order valence-electron chi connectivity index (χ0n) is 10.2. The lowest BCUT2D eigenvalue weighted by molar-refractivity contribution is -0.148. The fraction of sp³-hybridized carbons (Fsp3) is 0.750. The molecule has 0 spiro atoms. The van der Waals surface area contributed by atoms with Crippen molar-refractivity contribution in [3.63, 3.8) is 0 Å². The Morgan fingerprint density at radius 3 is 2.31 bits per heavy atom. The summed E-state index contributed by atoms with van der Waals surface area (Å²) in [5, 5.41) is 0. The number of likely N-dealkylation sites (tertiary alicyclic amines) is 1. The van der Waals surface area contributed by atoms with Gasteiger partial charge in [-0.2, -0.15) is 0 Å². The van der Waals surface area contributed by atoms with Crippen molar-refractivity contribution >= 4 is 18.4 Å². The number of hydrogen-bond acceptors (Lipinski definition) is 3. The van der Waals surface area contributed by atoms with Crippen LogP contribution in [0.4, 0.5) is 0 Å². The first-order valence-corrected chi connectivity index (χ1v) is 5.36. The molecular weight excluding hydrogens is 226 g/mol. The van der Waals surface area contributed by atoms with Crippen molar-refractivity contribution in [2.24, 2.45) is 0 Å². The molecule has 92 valence electrons. The smallest absolute Gasteiger partial charge is 0.302 e. The number of esters is 1. The highest BCUT2D eigenvalue weighted by molar-refractivity contribution is 5.85. The number of piperidine rings is 1. The van der Waals surface area contributed by atoms with Gasteiger partial charge in [0.25, 0.3) is 0 Å². The maximum atomic E-state index is 10.8. The first-order valence-electron chi connectivity index (χ1n) is 5.36. The van der Waals surface area contributed by atoms with Crippen molar-refractivity contribution in [2.45, 2.75) is 45.3 Å². The summed E-state index contributed by atoms with van der Waals surface area (Å²) >= 11 is 0. The summed E-state index contributed by atoms with van der Waals surface area (Å²) in [4.78, 5) is 13.0. The Hall–Kier alpha value is -0.720. The van der Waals surface area contributed by atoms with Crippen LogP contribution in [-0.4, -0.2) is 35.6 Å². The summed E-state index contributed by atoms with van der Waals surface area (Å²) in [6, 6.07) is 0. The fourth-order valence-corrected chi connectivity index (χ4v) is 1.86. The highest BCUT2D eigenvalue weighted by Gasteiger charge is 2.29. The molecule has 1 heterocycles. The predicted octanol–water partition coefficient (Wildman–Crippen LogP) is 1.85. The number of terminal acetylenes is 1. The lowest BCUT2D eigenvalue weighted by Gasteiger charge is -2.39. The van der Waals surface area contributed by atoms with Gasteiger partial charge in [0.15, 0.2) is 0 Å². The summed E-state index contributed by atoms with van der Waals surface area (Å²) in [5.41, 5.74) is -0.193. The van der Waals surface area contributed by atoms with Gasteiger partial charge in [0, 0.05) is 20.0 Å². The van der Waals surface area contributed by atoms with Gasteiger partial charge >= 0.3 is 5.97 Å². The molecule has 0 aliphatic carbocycles. The molecule has 1 aliphatic heterocycles. The van der Waals surface area contributed by atoms with Crippen LogP contribution in [0.3, 0.4) is 0 Å². The van der Waals surface area contributed by atoms with Crippen LogP contribution >= 0.6 is 12.4 Å². The maximum Gasteiger partial charge on any atom is 0.302 e. The molecule has 16 heavy (non-hydrogen) atoms. The van der Waals surface area contributed by atoms with Crippen LogP contribution in [0.2, 0.25) is 0 Å². The summed E-state index contributed by atoms with van der Waals surface area (Å²) in [7, 11) is 0. The number of rotatable bonds is 2. The normalized spacial score (nSPS) is 18.4. The average Bonchev–Trinajstić information content (AvgIpc) is 2.18. The van der Waals surface area contributed by atoms with E-state index < -0.39 is 0 Å². The number of ether oxygens (including phenoxy) is 1. The van der Waals surface area contributed by atoms with Crippen LogP contribution in [0.1, 0.15) is 33.6 Å². The molecule has 0 atom stereocenters. The number of halogens is 1. The average molecular weight is 246 g/mol.